The average Bonchev–Trinajstić information content (AvgIpc) is 2.86. The second-order valence-corrected chi connectivity index (χ2v) is 5.96. The fourth-order valence-electron chi connectivity index (χ4n) is 3.21. The predicted octanol–water partition coefficient (Wildman–Crippen LogP) is 3.35. The number of fused-ring (bicyclic) bond motifs is 1. The average molecular weight is 286 g/mol. The molecule has 3 rings (SSSR count). The zero-order chi connectivity index (χ0) is 12.7. The molecule has 5 heteroatoms. The van der Waals surface area contributed by atoms with Crippen LogP contribution in [-0.2, 0) is 0 Å². The van der Waals surface area contributed by atoms with Gasteiger partial charge < -0.3 is 5.32 Å². The molecule has 0 amide bonds. The van der Waals surface area contributed by atoms with Gasteiger partial charge >= 0.3 is 0 Å². The summed E-state index contributed by atoms with van der Waals surface area (Å²) in [5.41, 5.74) is 2.01. The third-order valence-electron chi connectivity index (χ3n) is 4.08. The van der Waals surface area contributed by atoms with Crippen LogP contribution in [0.2, 0.25) is 10.3 Å². The second-order valence-electron chi connectivity index (χ2n) is 5.21. The molecule has 2 atom stereocenters. The molecule has 1 aromatic heterocycles. The Morgan fingerprint density at radius 1 is 1.33 bits per heavy atom. The maximum atomic E-state index is 6.18. The van der Waals surface area contributed by atoms with Crippen LogP contribution in [0, 0.1) is 6.92 Å². The van der Waals surface area contributed by atoms with E-state index < -0.39 is 0 Å². The number of aromatic nitrogens is 1. The van der Waals surface area contributed by atoms with Crippen LogP contribution in [0.4, 0.5) is 5.69 Å². The van der Waals surface area contributed by atoms with E-state index in [1.54, 1.807) is 0 Å². The Balaban J connectivity index is 1.81. The van der Waals surface area contributed by atoms with Gasteiger partial charge in [-0.15, -0.1) is 0 Å². The number of nitrogens with zero attached hydrogens (tertiary/aromatic N) is 2. The molecule has 0 aliphatic carbocycles. The van der Waals surface area contributed by atoms with Gasteiger partial charge in [-0.2, -0.15) is 0 Å². The summed E-state index contributed by atoms with van der Waals surface area (Å²) in [5.74, 6) is 0. The van der Waals surface area contributed by atoms with Crippen molar-refractivity contribution in [3.8, 4) is 0 Å². The highest BCUT2D eigenvalue weighted by Crippen LogP contribution is 2.33. The molecule has 2 unspecified atom stereocenters. The highest BCUT2D eigenvalue weighted by Gasteiger charge is 2.37. The van der Waals surface area contributed by atoms with Gasteiger partial charge in [-0.1, -0.05) is 23.2 Å². The molecule has 2 fully saturated rings. The number of pyridine rings is 1. The minimum Gasteiger partial charge on any atom is -0.378 e. The molecule has 3 heterocycles. The highest BCUT2D eigenvalue weighted by molar-refractivity contribution is 6.34. The third-order valence-corrected chi connectivity index (χ3v) is 4.54. The number of hydrogen-bond donors (Lipinski definition) is 1. The molecular formula is C13H17Cl2N3. The lowest BCUT2D eigenvalue weighted by Gasteiger charge is -2.23. The molecule has 0 bridgehead atoms. The molecule has 1 aromatic rings. The third kappa shape index (κ3) is 2.20. The smallest absolute Gasteiger partial charge is 0.154 e. The van der Waals surface area contributed by atoms with E-state index in [-0.39, 0.29) is 0 Å². The number of halogens is 2. The van der Waals surface area contributed by atoms with Crippen molar-refractivity contribution in [1.29, 1.82) is 0 Å². The lowest BCUT2D eigenvalue weighted by molar-refractivity contribution is 0.318. The van der Waals surface area contributed by atoms with Crippen molar-refractivity contribution in [3.63, 3.8) is 0 Å². The number of aryl methyl sites for hydroxylation is 1. The summed E-state index contributed by atoms with van der Waals surface area (Å²) in [4.78, 5) is 6.69. The van der Waals surface area contributed by atoms with Crippen molar-refractivity contribution in [2.75, 3.05) is 18.4 Å². The Hall–Kier alpha value is -0.510. The van der Waals surface area contributed by atoms with Crippen molar-refractivity contribution in [2.24, 2.45) is 0 Å². The lowest BCUT2D eigenvalue weighted by Crippen LogP contribution is -2.34. The van der Waals surface area contributed by atoms with Gasteiger partial charge in [0.25, 0.3) is 0 Å². The second kappa shape index (κ2) is 4.87. The Labute approximate surface area is 117 Å². The zero-order valence-electron chi connectivity index (χ0n) is 10.4. The number of nitrogens with one attached hydrogen (secondary N) is 1. The van der Waals surface area contributed by atoms with Crippen LogP contribution in [0.1, 0.15) is 24.8 Å². The summed E-state index contributed by atoms with van der Waals surface area (Å²) >= 11 is 12.1. The maximum Gasteiger partial charge on any atom is 0.154 e. The van der Waals surface area contributed by atoms with Crippen molar-refractivity contribution in [1.82, 2.24) is 9.88 Å². The van der Waals surface area contributed by atoms with Crippen molar-refractivity contribution in [2.45, 2.75) is 38.3 Å². The van der Waals surface area contributed by atoms with Crippen LogP contribution < -0.4 is 5.32 Å². The molecule has 1 N–H and O–H groups in total. The Kier molecular flexibility index (Phi) is 3.39. The Morgan fingerprint density at radius 3 is 2.94 bits per heavy atom. The molecular weight excluding hydrogens is 269 g/mol. The van der Waals surface area contributed by atoms with Gasteiger partial charge in [0.1, 0.15) is 5.15 Å². The largest absolute Gasteiger partial charge is 0.378 e. The van der Waals surface area contributed by atoms with Gasteiger partial charge in [-0.3, -0.25) is 4.90 Å². The topological polar surface area (TPSA) is 28.2 Å². The van der Waals surface area contributed by atoms with Crippen LogP contribution in [0.5, 0.6) is 0 Å². The van der Waals surface area contributed by atoms with E-state index in [0.29, 0.717) is 22.4 Å². The maximum absolute atomic E-state index is 6.18. The number of anilines is 1. The van der Waals surface area contributed by atoms with Crippen LogP contribution >= 0.6 is 23.2 Å². The van der Waals surface area contributed by atoms with Crippen LogP contribution in [0.15, 0.2) is 6.07 Å². The highest BCUT2D eigenvalue weighted by atomic mass is 35.5. The standard InChI is InChI=1S/C13H17Cl2N3/c1-8-7-11(14)17-13(15)12(8)16-9-4-6-18-5-2-3-10(9)18/h7,9-10,16H,2-6H2,1H3. The van der Waals surface area contributed by atoms with Gasteiger partial charge in [-0.05, 0) is 44.4 Å². The molecule has 2 aliphatic heterocycles. The zero-order valence-corrected chi connectivity index (χ0v) is 11.9. The van der Waals surface area contributed by atoms with E-state index in [9.17, 15) is 0 Å². The normalized spacial score (nSPS) is 27.5. The van der Waals surface area contributed by atoms with E-state index in [1.807, 2.05) is 13.0 Å². The first-order chi connectivity index (χ1) is 8.65. The molecule has 0 aromatic carbocycles. The summed E-state index contributed by atoms with van der Waals surface area (Å²) in [6.07, 6.45) is 3.78. The predicted molar refractivity (Wildman–Crippen MR) is 75.6 cm³/mol. The van der Waals surface area contributed by atoms with Crippen LogP contribution in [0.25, 0.3) is 0 Å². The van der Waals surface area contributed by atoms with Crippen molar-refractivity contribution >= 4 is 28.9 Å². The van der Waals surface area contributed by atoms with E-state index in [2.05, 4.69) is 15.2 Å². The number of hydrogen-bond acceptors (Lipinski definition) is 3. The monoisotopic (exact) mass is 285 g/mol. The quantitative estimate of drug-likeness (QED) is 0.845. The van der Waals surface area contributed by atoms with Crippen LogP contribution in [0.3, 0.4) is 0 Å². The van der Waals surface area contributed by atoms with Gasteiger partial charge in [0.05, 0.1) is 5.69 Å². The van der Waals surface area contributed by atoms with Gasteiger partial charge in [0.15, 0.2) is 5.15 Å². The van der Waals surface area contributed by atoms with Crippen molar-refractivity contribution < 1.29 is 0 Å². The molecule has 2 saturated heterocycles. The fourth-order valence-corrected chi connectivity index (χ4v) is 3.79. The number of rotatable bonds is 2. The molecule has 18 heavy (non-hydrogen) atoms. The van der Waals surface area contributed by atoms with Gasteiger partial charge in [0, 0.05) is 18.6 Å². The van der Waals surface area contributed by atoms with E-state index in [0.717, 1.165) is 11.3 Å². The molecule has 98 valence electrons. The Bertz CT molecular complexity index is 441. The molecule has 0 radical (unpaired) electrons. The molecule has 2 aliphatic rings. The Morgan fingerprint density at radius 2 is 2.17 bits per heavy atom. The minimum atomic E-state index is 0.456. The summed E-state index contributed by atoms with van der Waals surface area (Å²) in [7, 11) is 0. The molecule has 0 spiro atoms. The SMILES string of the molecule is Cc1cc(Cl)nc(Cl)c1NC1CCN2CCCC12. The lowest BCUT2D eigenvalue weighted by atomic mass is 10.1. The van der Waals surface area contributed by atoms with E-state index in [4.69, 9.17) is 23.2 Å². The fraction of sp³-hybridized carbons (Fsp3) is 0.615. The summed E-state index contributed by atoms with van der Waals surface area (Å²) in [6.45, 7) is 4.46. The van der Waals surface area contributed by atoms with Gasteiger partial charge in [0.2, 0.25) is 0 Å². The molecule has 3 nitrogen and oxygen atoms in total. The van der Waals surface area contributed by atoms with E-state index >= 15 is 0 Å². The van der Waals surface area contributed by atoms with E-state index in [1.165, 1.54) is 32.4 Å². The van der Waals surface area contributed by atoms with Crippen molar-refractivity contribution in [3.05, 3.63) is 21.9 Å². The molecule has 0 saturated carbocycles. The first kappa shape index (κ1) is 12.5. The summed E-state index contributed by atoms with van der Waals surface area (Å²) in [5, 5.41) is 4.52. The van der Waals surface area contributed by atoms with Crippen LogP contribution in [-0.4, -0.2) is 35.1 Å². The van der Waals surface area contributed by atoms with Gasteiger partial charge in [-0.25, -0.2) is 4.98 Å². The first-order valence-electron chi connectivity index (χ1n) is 6.48. The summed E-state index contributed by atoms with van der Waals surface area (Å²) in [6, 6.07) is 3.01. The summed E-state index contributed by atoms with van der Waals surface area (Å²) < 4.78 is 0. The first-order valence-corrected chi connectivity index (χ1v) is 7.24. The minimum absolute atomic E-state index is 0.456.